The first kappa shape index (κ1) is 92.3. The van der Waals surface area contributed by atoms with Gasteiger partial charge in [-0.05, 0) is 128 Å². The Bertz CT molecular complexity index is 3410. The van der Waals surface area contributed by atoms with Gasteiger partial charge in [-0.3, -0.25) is 17.0 Å². The van der Waals surface area contributed by atoms with Gasteiger partial charge in [0.1, 0.15) is 10.3 Å². The molecular formula is C58H70BrF19N19NaO4. The molecule has 0 aromatic carbocycles. The quantitative estimate of drug-likeness (QED) is 0.00986. The Morgan fingerprint density at radius 2 is 0.843 bits per heavy atom. The summed E-state index contributed by atoms with van der Waals surface area (Å²) in [6.07, 6.45) is -0.152. The minimum atomic E-state index is -2.72. The molecule has 0 radical (unpaired) electrons. The Labute approximate surface area is 600 Å². The molecule has 102 heavy (non-hydrogen) atoms. The minimum Gasteiger partial charge on any atom is -0.857 e. The summed E-state index contributed by atoms with van der Waals surface area (Å²) in [6, 6.07) is 7.42. The van der Waals surface area contributed by atoms with Gasteiger partial charge >= 0.3 is 35.5 Å². The number of aliphatic hydroxyl groups is 1. The molecule has 0 bridgehead atoms. The molecule has 0 saturated heterocycles. The van der Waals surface area contributed by atoms with E-state index in [0.29, 0.717) is 6.07 Å². The zero-order valence-electron chi connectivity index (χ0n) is 54.5. The Kier molecular flexibility index (Phi) is 41.1. The number of esters is 1. The van der Waals surface area contributed by atoms with Crippen molar-refractivity contribution in [3.8, 4) is 11.5 Å². The fourth-order valence-electron chi connectivity index (χ4n) is 8.79. The number of nitrogen functional groups attached to an aromatic ring is 1. The van der Waals surface area contributed by atoms with Crippen LogP contribution in [0, 0.1) is 64.8 Å². The number of alkyl halides is 8. The van der Waals surface area contributed by atoms with E-state index in [2.05, 4.69) is 98.2 Å². The maximum absolute atomic E-state index is 14.3. The van der Waals surface area contributed by atoms with Crippen LogP contribution in [-0.4, -0.2) is 132 Å². The number of nitrogens with one attached hydrogen (secondary N) is 4. The summed E-state index contributed by atoms with van der Waals surface area (Å²) >= 11 is 2.72. The fraction of sp³-hybridized carbons (Fsp3) is 0.466. The van der Waals surface area contributed by atoms with Crippen LogP contribution in [0.2, 0.25) is 0 Å². The van der Waals surface area contributed by atoms with E-state index in [1.165, 1.54) is 0 Å². The average molecular weight is 1560 g/mol. The number of nitrogens with zero attached hydrogens (tertiary/aromatic N) is 10. The van der Waals surface area contributed by atoms with Gasteiger partial charge in [-0.1, -0.05) is 0 Å². The number of guanidine groups is 2. The predicted octanol–water partition coefficient (Wildman–Crippen LogP) is 7.37. The summed E-state index contributed by atoms with van der Waals surface area (Å²) in [5.74, 6) is -9.28. The van der Waals surface area contributed by atoms with E-state index in [9.17, 15) is 88.2 Å². The third-order valence-electron chi connectivity index (χ3n) is 13.7. The van der Waals surface area contributed by atoms with Crippen molar-refractivity contribution in [3.05, 3.63) is 136 Å². The van der Waals surface area contributed by atoms with E-state index in [4.69, 9.17) is 27.5 Å². The smallest absolute Gasteiger partial charge is 0.857 e. The predicted molar refractivity (Wildman–Crippen MR) is 331 cm³/mol. The van der Waals surface area contributed by atoms with Gasteiger partial charge in [0.05, 0.1) is 19.2 Å². The third kappa shape index (κ3) is 34.5. The second-order valence-corrected chi connectivity index (χ2v) is 21.8. The third-order valence-corrected chi connectivity index (χ3v) is 14.3. The van der Waals surface area contributed by atoms with Crippen molar-refractivity contribution in [1.82, 2.24) is 45.2 Å². The number of halogens is 20. The van der Waals surface area contributed by atoms with Gasteiger partial charge in [0.2, 0.25) is 65.3 Å². The number of aliphatic hydroxyl groups excluding tert-OH is 1. The summed E-state index contributed by atoms with van der Waals surface area (Å²) in [4.78, 5) is 46.7. The molecule has 6 heterocycles. The number of aromatic nitrogens is 8. The second kappa shape index (κ2) is 45.4. The molecule has 0 spiro atoms. The van der Waals surface area contributed by atoms with Crippen molar-refractivity contribution in [1.29, 1.82) is 0 Å². The van der Waals surface area contributed by atoms with Crippen molar-refractivity contribution in [2.45, 2.75) is 151 Å². The molecule has 23 nitrogen and oxygen atoms in total. The fourth-order valence-corrected chi connectivity index (χ4v) is 9.09. The zero-order valence-corrected chi connectivity index (χ0v) is 58.1. The Morgan fingerprint density at radius 1 is 0.500 bits per heavy atom. The monoisotopic (exact) mass is 1560 g/mol. The number of carbonyl (C=O) groups is 1. The number of rotatable bonds is 9. The summed E-state index contributed by atoms with van der Waals surface area (Å²) in [7, 11) is 2.81. The number of hydrazine groups is 2. The average Bonchev–Trinajstić information content (AvgIpc) is 0.805. The minimum absolute atomic E-state index is 0. The van der Waals surface area contributed by atoms with E-state index < -0.39 is 106 Å². The van der Waals surface area contributed by atoms with Crippen molar-refractivity contribution in [3.63, 3.8) is 0 Å². The summed E-state index contributed by atoms with van der Waals surface area (Å²) in [5.41, 5.74) is 12.2. The van der Waals surface area contributed by atoms with Gasteiger partial charge in [-0.2, -0.15) is 58.4 Å². The number of methoxy groups -OCH3 is 1. The van der Waals surface area contributed by atoms with Crippen molar-refractivity contribution >= 4 is 51.5 Å². The number of hydrogen-bond acceptors (Lipinski definition) is 20. The Hall–Kier alpha value is -7.68. The molecule has 4 aliphatic carbocycles. The molecule has 6 aromatic heterocycles. The van der Waals surface area contributed by atoms with Crippen molar-refractivity contribution in [2.24, 2.45) is 39.0 Å². The topological polar surface area (TPSA) is 376 Å². The van der Waals surface area contributed by atoms with E-state index in [1.54, 1.807) is 0 Å². The molecule has 44 heteroatoms. The van der Waals surface area contributed by atoms with Gasteiger partial charge in [0.15, 0.2) is 58.3 Å². The summed E-state index contributed by atoms with van der Waals surface area (Å²) in [6.45, 7) is 0. The van der Waals surface area contributed by atoms with Crippen LogP contribution in [0.1, 0.15) is 113 Å². The molecule has 562 valence electrons. The normalized spacial score (nSPS) is 16.7. The first-order chi connectivity index (χ1) is 47.5. The van der Waals surface area contributed by atoms with Crippen LogP contribution < -0.4 is 85.0 Å². The Balaban J connectivity index is 0.000000647. The van der Waals surface area contributed by atoms with Crippen molar-refractivity contribution in [2.75, 3.05) is 37.4 Å². The second-order valence-electron chi connectivity index (χ2n) is 21.0. The van der Waals surface area contributed by atoms with Gasteiger partial charge < -0.3 is 42.5 Å². The van der Waals surface area contributed by atoms with Crippen LogP contribution >= 0.6 is 15.9 Å². The van der Waals surface area contributed by atoms with E-state index in [-0.39, 0.29) is 197 Å². The maximum Gasteiger partial charge on any atom is 1.00 e. The van der Waals surface area contributed by atoms with Crippen LogP contribution in [0.15, 0.2) is 75.3 Å². The molecule has 4 fully saturated rings. The van der Waals surface area contributed by atoms with Gasteiger partial charge in [0, 0.05) is 70.6 Å². The number of nitrogens with two attached hydrogens (primary N) is 5. The zero-order chi connectivity index (χ0) is 76.4. The van der Waals surface area contributed by atoms with Gasteiger partial charge in [0.25, 0.3) is 5.95 Å². The van der Waals surface area contributed by atoms with Crippen LogP contribution in [0.25, 0.3) is 11.5 Å². The molecule has 0 unspecified atom stereocenters. The first-order valence-electron chi connectivity index (χ1n) is 29.4. The molecule has 0 atom stereocenters. The van der Waals surface area contributed by atoms with Crippen LogP contribution in [0.5, 0.6) is 0 Å². The van der Waals surface area contributed by atoms with E-state index in [0.717, 1.165) is 75.9 Å². The van der Waals surface area contributed by atoms with Crippen LogP contribution in [0.3, 0.4) is 0 Å². The van der Waals surface area contributed by atoms with Crippen molar-refractivity contribution < 1.29 is 133 Å². The molecular weight excluding hydrogens is 1490 g/mol. The Morgan fingerprint density at radius 3 is 1.21 bits per heavy atom. The van der Waals surface area contributed by atoms with Gasteiger partial charge in [-0.25, -0.2) is 92.6 Å². The molecule has 0 amide bonds. The SMILES string of the molecule is CO.COC(=O)c1nc(F)ccc1F.C[O-].Fc1ccc(F)c(-c2nc(NC3CCC(F)(F)CC3)nc(NC3CCC(F)(F)CC3)n2)n1.Fc1ccc(F)c(Br)n1.Fc1ccc(F)c(F)n1.NC(=NC1CCC(F)(F)CC1)NC(N)=NC1CCC(F)(F)CC1.NN.NNc1nc(F)ccc1F.[Na+]. The summed E-state index contributed by atoms with van der Waals surface area (Å²) in [5, 5.41) is 23.8. The standard InChI is InChI=1S/C20H22F6N6.C14H23F4N5.C7H5F2NO2.C5H2BrF2N.C5H2F3N.C5H5F2N3.CH4O.CH3O.H4N2.Na/c21-13-1-2-14(22)29-15(13)16-30-17(27-11-3-7-19(23,24)8-4-11)32-18(31-16)28-12-5-9-20(25,26)10-6-12;15-13(16)5-1-9(2-6-13)21-11(19)23-12(20)22-10-3-7-14(17,18)8-4-10;1-12-7(11)6-4(8)2-3-5(9)10-6;6-5-3(7)1-2-4(8)9-5;6-3-1-2-4(7)9-5(3)8;6-3-1-2-4(7)9-5(3)10-8;3*1-2;/h1-2,11-12H,3-10H2,(H2,27,28,30,31,32);9-10H,1-8H2,(H5,19,20,21,22,23);2-3H,1H3;2*1-2H;1-2H,8H2,(H,9,10);2H,1H3;1H3;1-2H2;/q;;;;;;;-1;;+1. The number of ether oxygens (including phenoxy) is 1. The number of carbonyl (C=O) groups excluding carboxylic acids is 1. The first-order valence-corrected chi connectivity index (χ1v) is 30.2. The van der Waals surface area contributed by atoms with Gasteiger partial charge in [-0.15, -0.1) is 0 Å². The number of anilines is 3. The number of aliphatic imine (C=N–C) groups is 2. The number of hydrogen-bond donors (Lipinski definition) is 10. The van der Waals surface area contributed by atoms with Crippen LogP contribution in [-0.2, 0) is 4.74 Å². The van der Waals surface area contributed by atoms with E-state index >= 15 is 0 Å². The molecule has 15 N–H and O–H groups in total. The summed E-state index contributed by atoms with van der Waals surface area (Å²) < 4.78 is 247. The largest absolute Gasteiger partial charge is 1.00 e. The maximum atomic E-state index is 14.3. The molecule has 4 aliphatic rings. The molecule has 6 aromatic rings. The molecule has 10 rings (SSSR count). The van der Waals surface area contributed by atoms with Crippen LogP contribution in [0.4, 0.5) is 101 Å². The van der Waals surface area contributed by atoms with E-state index in [1.807, 2.05) is 5.43 Å². The molecule has 0 aliphatic heterocycles. The number of pyridine rings is 5. The molecule has 4 saturated carbocycles.